The summed E-state index contributed by atoms with van der Waals surface area (Å²) in [6.45, 7) is 1.24. The third-order valence-electron chi connectivity index (χ3n) is 7.07. The molecular weight excluding hydrogens is 482 g/mol. The number of hydrogen-bond acceptors (Lipinski definition) is 14. The molecule has 3 aliphatic rings. The minimum absolute atomic E-state index is 0.105. The number of rotatable bonds is 8. The van der Waals surface area contributed by atoms with Crippen molar-refractivity contribution >= 4 is 0 Å². The molecule has 3 fully saturated rings. The Morgan fingerprint density at radius 1 is 0.861 bits per heavy atom. The molecule has 1 saturated carbocycles. The van der Waals surface area contributed by atoms with Gasteiger partial charge in [-0.05, 0) is 12.8 Å². The second-order valence-corrected chi connectivity index (χ2v) is 9.49. The zero-order chi connectivity index (χ0) is 26.7. The molecule has 0 bridgehead atoms. The third-order valence-corrected chi connectivity index (χ3v) is 7.07. The van der Waals surface area contributed by atoms with E-state index in [9.17, 15) is 35.7 Å². The van der Waals surface area contributed by atoms with Crippen molar-refractivity contribution in [3.63, 3.8) is 0 Å². The van der Waals surface area contributed by atoms with E-state index >= 15 is 0 Å². The predicted octanol–water partition coefficient (Wildman–Crippen LogP) is -5.58. The first-order chi connectivity index (χ1) is 17.0. The van der Waals surface area contributed by atoms with E-state index < -0.39 is 98.4 Å². The van der Waals surface area contributed by atoms with Gasteiger partial charge >= 0.3 is 0 Å². The quantitative estimate of drug-likeness (QED) is 0.134. The van der Waals surface area contributed by atoms with Crippen LogP contribution < -0.4 is 16.8 Å². The zero-order valence-electron chi connectivity index (χ0n) is 20.0. The summed E-state index contributed by atoms with van der Waals surface area (Å²) in [6.07, 6.45) is -10.1. The normalized spacial score (nSPS) is 50.0. The number of hydrogen-bond donors (Lipinski definition) is 10. The molecule has 2 saturated heterocycles. The van der Waals surface area contributed by atoms with E-state index in [-0.39, 0.29) is 13.0 Å². The molecule has 36 heavy (non-hydrogen) atoms. The lowest BCUT2D eigenvalue weighted by molar-refractivity contribution is -0.333. The molecule has 12 N–H and O–H groups in total. The lowest BCUT2D eigenvalue weighted by Gasteiger charge is -2.49. The van der Waals surface area contributed by atoms with Crippen LogP contribution in [0.4, 0.5) is 0 Å². The van der Waals surface area contributed by atoms with Crippen LogP contribution in [0.2, 0.25) is 0 Å². The third kappa shape index (κ3) is 6.01. The molecule has 2 heterocycles. The van der Waals surface area contributed by atoms with Crippen LogP contribution in [0.3, 0.4) is 0 Å². The summed E-state index contributed by atoms with van der Waals surface area (Å²) in [5, 5.41) is 75.1. The fourth-order valence-electron chi connectivity index (χ4n) is 4.89. The largest absolute Gasteiger partial charge is 0.394 e. The summed E-state index contributed by atoms with van der Waals surface area (Å²) in [5.41, 5.74) is 12.1. The van der Waals surface area contributed by atoms with Crippen molar-refractivity contribution in [2.45, 2.75) is 112 Å². The Kier molecular flexibility index (Phi) is 10.4. The molecule has 6 unspecified atom stereocenters. The Morgan fingerprint density at radius 3 is 2.08 bits per heavy atom. The van der Waals surface area contributed by atoms with Crippen molar-refractivity contribution in [2.24, 2.45) is 11.5 Å². The van der Waals surface area contributed by atoms with Gasteiger partial charge in [-0.2, -0.15) is 0 Å². The predicted molar refractivity (Wildman–Crippen MR) is 122 cm³/mol. The van der Waals surface area contributed by atoms with Gasteiger partial charge in [-0.15, -0.1) is 6.42 Å². The van der Waals surface area contributed by atoms with Crippen molar-refractivity contribution < 1.29 is 54.7 Å². The van der Waals surface area contributed by atoms with Crippen LogP contribution in [0.1, 0.15) is 19.8 Å². The smallest absolute Gasteiger partial charge is 0.187 e. The summed E-state index contributed by atoms with van der Waals surface area (Å²) < 4.78 is 22.8. The molecule has 14 heteroatoms. The molecule has 0 aromatic heterocycles. The standard InChI is InChI=1S/C22H39N3O11/c1-3-5-25-9-6-8(23)19(35-22-17(31)16(30)14(28)10(4-2)33-22)18(32)20(9)36-21-15(29)12(24)13(27)11(7-26)34-21/h1,8-22,25-32H,4-7,23-24H2,2H3/t8?,9-,10?,11-,12?,13-,14-,15-,16+,17?,18?,19-,20-,21?,22-/m1/s1. The zero-order valence-corrected chi connectivity index (χ0v) is 20.0. The van der Waals surface area contributed by atoms with Gasteiger partial charge < -0.3 is 71.5 Å². The average molecular weight is 522 g/mol. The number of ether oxygens (including phenoxy) is 4. The topological polar surface area (TPSA) is 243 Å². The first kappa shape index (κ1) is 29.6. The number of aliphatic hydroxyl groups excluding tert-OH is 7. The molecule has 0 amide bonds. The van der Waals surface area contributed by atoms with E-state index in [1.165, 1.54) is 0 Å². The van der Waals surface area contributed by atoms with Crippen LogP contribution in [-0.2, 0) is 18.9 Å². The number of aliphatic hydroxyl groups is 7. The highest BCUT2D eigenvalue weighted by molar-refractivity contribution is 5.03. The van der Waals surface area contributed by atoms with Crippen molar-refractivity contribution in [2.75, 3.05) is 13.2 Å². The Morgan fingerprint density at radius 2 is 1.47 bits per heavy atom. The molecule has 15 atom stereocenters. The summed E-state index contributed by atoms with van der Waals surface area (Å²) in [4.78, 5) is 0. The molecule has 0 spiro atoms. The maximum Gasteiger partial charge on any atom is 0.187 e. The Labute approximate surface area is 209 Å². The lowest BCUT2D eigenvalue weighted by atomic mass is 9.83. The molecule has 1 aliphatic carbocycles. The van der Waals surface area contributed by atoms with Gasteiger partial charge in [-0.3, -0.25) is 0 Å². The van der Waals surface area contributed by atoms with Crippen molar-refractivity contribution in [1.29, 1.82) is 0 Å². The minimum Gasteiger partial charge on any atom is -0.394 e. The molecule has 0 aromatic rings. The van der Waals surface area contributed by atoms with Crippen molar-refractivity contribution in [3.05, 3.63) is 0 Å². The minimum atomic E-state index is -1.62. The van der Waals surface area contributed by atoms with E-state index in [2.05, 4.69) is 11.2 Å². The van der Waals surface area contributed by atoms with Gasteiger partial charge in [0.05, 0.1) is 25.3 Å². The summed E-state index contributed by atoms with van der Waals surface area (Å²) in [7, 11) is 0. The van der Waals surface area contributed by atoms with Crippen molar-refractivity contribution in [1.82, 2.24) is 5.32 Å². The van der Waals surface area contributed by atoms with Crippen LogP contribution in [0.5, 0.6) is 0 Å². The van der Waals surface area contributed by atoms with Crippen LogP contribution in [0.15, 0.2) is 0 Å². The van der Waals surface area contributed by atoms with Crippen LogP contribution in [-0.4, -0.2) is 141 Å². The average Bonchev–Trinajstić information content (AvgIpc) is 2.86. The van der Waals surface area contributed by atoms with Gasteiger partial charge in [0, 0.05) is 12.1 Å². The summed E-state index contributed by atoms with van der Waals surface area (Å²) >= 11 is 0. The molecule has 0 radical (unpaired) electrons. The fraction of sp³-hybridized carbons (Fsp3) is 0.909. The first-order valence-corrected chi connectivity index (χ1v) is 12.0. The van der Waals surface area contributed by atoms with E-state index in [0.717, 1.165) is 0 Å². The first-order valence-electron chi connectivity index (χ1n) is 12.0. The van der Waals surface area contributed by atoms with E-state index in [1.807, 2.05) is 0 Å². The highest BCUT2D eigenvalue weighted by Gasteiger charge is 2.52. The highest BCUT2D eigenvalue weighted by atomic mass is 16.7. The second-order valence-electron chi connectivity index (χ2n) is 9.49. The van der Waals surface area contributed by atoms with Crippen LogP contribution in [0, 0.1) is 12.3 Å². The van der Waals surface area contributed by atoms with Gasteiger partial charge in [0.2, 0.25) is 0 Å². The monoisotopic (exact) mass is 521 g/mol. The highest BCUT2D eigenvalue weighted by Crippen LogP contribution is 2.32. The molecule has 208 valence electrons. The SMILES string of the molecule is C#CCN[C@@H]1CC(N)[C@@H](O[C@H]2OC(CC)[C@@H](O)[C@H](O)C2O)C(O)[C@@H]1OC1O[C@H](CO)[C@@H](O)C(N)[C@H]1O. The molecule has 0 aromatic carbocycles. The van der Waals surface area contributed by atoms with Crippen LogP contribution >= 0.6 is 0 Å². The lowest BCUT2D eigenvalue weighted by Crippen LogP contribution is -2.69. The fourth-order valence-corrected chi connectivity index (χ4v) is 4.89. The second kappa shape index (κ2) is 12.7. The van der Waals surface area contributed by atoms with E-state index in [1.54, 1.807) is 6.92 Å². The molecule has 2 aliphatic heterocycles. The molecular formula is C22H39N3O11. The summed E-state index contributed by atoms with van der Waals surface area (Å²) in [5.74, 6) is 2.42. The Balaban J connectivity index is 1.80. The van der Waals surface area contributed by atoms with Crippen LogP contribution in [0.25, 0.3) is 0 Å². The summed E-state index contributed by atoms with van der Waals surface area (Å²) in [6, 6.07) is -2.63. The van der Waals surface area contributed by atoms with Gasteiger partial charge in [0.15, 0.2) is 12.6 Å². The molecule has 3 rings (SSSR count). The number of nitrogens with one attached hydrogen (secondary N) is 1. The van der Waals surface area contributed by atoms with Gasteiger partial charge in [-0.1, -0.05) is 12.8 Å². The maximum atomic E-state index is 11.2. The van der Waals surface area contributed by atoms with Gasteiger partial charge in [-0.25, -0.2) is 0 Å². The van der Waals surface area contributed by atoms with E-state index in [0.29, 0.717) is 6.42 Å². The Bertz CT molecular complexity index is 741. The van der Waals surface area contributed by atoms with Gasteiger partial charge in [0.1, 0.15) is 54.9 Å². The number of nitrogens with two attached hydrogens (primary N) is 2. The molecule has 14 nitrogen and oxygen atoms in total. The van der Waals surface area contributed by atoms with Crippen molar-refractivity contribution in [3.8, 4) is 12.3 Å². The Hall–Kier alpha value is -1.00. The van der Waals surface area contributed by atoms with Gasteiger partial charge in [0.25, 0.3) is 0 Å². The number of terminal acetylenes is 1. The van der Waals surface area contributed by atoms with E-state index in [4.69, 9.17) is 36.8 Å². The maximum absolute atomic E-state index is 11.2.